The fraction of sp³-hybridized carbons (Fsp3) is 0.346. The molecule has 1 saturated carbocycles. The topological polar surface area (TPSA) is 137 Å². The highest BCUT2D eigenvalue weighted by Gasteiger charge is 2.30. The summed E-state index contributed by atoms with van der Waals surface area (Å²) in [4.78, 5) is 37.9. The van der Waals surface area contributed by atoms with Gasteiger partial charge in [0.1, 0.15) is 24.2 Å². The summed E-state index contributed by atoms with van der Waals surface area (Å²) >= 11 is 5.82. The van der Waals surface area contributed by atoms with Gasteiger partial charge < -0.3 is 31.2 Å². The molecule has 1 fully saturated rings. The number of primary amides is 1. The molecule has 0 unspecified atom stereocenters. The van der Waals surface area contributed by atoms with Crippen molar-refractivity contribution in [2.24, 2.45) is 11.7 Å². The second-order valence-electron chi connectivity index (χ2n) is 9.03. The van der Waals surface area contributed by atoms with Crippen molar-refractivity contribution in [3.05, 3.63) is 59.0 Å². The number of hydrogen-bond donors (Lipinski definition) is 4. The third kappa shape index (κ3) is 6.73. The van der Waals surface area contributed by atoms with E-state index in [2.05, 4.69) is 16.0 Å². The fourth-order valence-electron chi connectivity index (χ4n) is 4.05. The molecule has 202 valence electrons. The third-order valence-electron chi connectivity index (χ3n) is 6.19. The molecule has 1 aliphatic rings. The molecule has 0 radical (unpaired) electrons. The maximum absolute atomic E-state index is 14.2. The number of carbonyl (C=O) groups excluding carboxylic acids is 3. The van der Waals surface area contributed by atoms with Crippen molar-refractivity contribution in [1.82, 2.24) is 15.2 Å². The number of aromatic nitrogens is 1. The van der Waals surface area contributed by atoms with Crippen molar-refractivity contribution in [3.63, 3.8) is 0 Å². The van der Waals surface area contributed by atoms with Crippen LogP contribution < -0.4 is 26.4 Å². The van der Waals surface area contributed by atoms with Crippen LogP contribution in [-0.4, -0.2) is 48.9 Å². The van der Waals surface area contributed by atoms with Gasteiger partial charge in [0.25, 0.3) is 0 Å². The van der Waals surface area contributed by atoms with Crippen LogP contribution in [-0.2, 0) is 16.1 Å². The lowest BCUT2D eigenvalue weighted by atomic mass is 10.1. The average molecular weight is 546 g/mol. The lowest BCUT2D eigenvalue weighted by Gasteiger charge is -2.19. The van der Waals surface area contributed by atoms with Crippen molar-refractivity contribution in [3.8, 4) is 5.75 Å². The Labute approximate surface area is 223 Å². The number of anilines is 1. The molecule has 4 amide bonds. The first-order chi connectivity index (χ1) is 18.3. The Morgan fingerprint density at radius 3 is 2.71 bits per heavy atom. The van der Waals surface area contributed by atoms with Gasteiger partial charge in [-0.2, -0.15) is 0 Å². The number of nitrogens with two attached hydrogens (primary N) is 1. The van der Waals surface area contributed by atoms with E-state index in [1.54, 1.807) is 31.4 Å². The van der Waals surface area contributed by atoms with Crippen LogP contribution in [0.15, 0.2) is 42.6 Å². The van der Waals surface area contributed by atoms with Crippen LogP contribution in [0.25, 0.3) is 10.9 Å². The second kappa shape index (κ2) is 12.1. The number of methoxy groups -OCH3 is 1. The molecule has 12 heteroatoms. The van der Waals surface area contributed by atoms with Crippen LogP contribution in [0.1, 0.15) is 24.8 Å². The molecule has 2 aromatic carbocycles. The highest BCUT2D eigenvalue weighted by Crippen LogP contribution is 2.34. The molecule has 1 atom stereocenters. The van der Waals surface area contributed by atoms with E-state index in [4.69, 9.17) is 26.8 Å². The number of fused-ring (bicyclic) bond motifs is 1. The van der Waals surface area contributed by atoms with E-state index >= 15 is 0 Å². The standard InChI is InChI=1S/C26H29ClFN5O5/c1-37-9-10-38-17-7-8-22-18(12-17)21(14-33(22)25(29)35)32-26(36)31-20(11-15-5-6-15)24(34)30-13-16-3-2-4-19(27)23(16)28/h2-4,7-8,12,14-15,20H,5-6,9-11,13H2,1H3,(H2,29,35)(H,30,34)(H2,31,32,36)/t20-/m0/s1. The number of halogens is 2. The summed E-state index contributed by atoms with van der Waals surface area (Å²) in [7, 11) is 1.56. The lowest BCUT2D eigenvalue weighted by Crippen LogP contribution is -2.48. The van der Waals surface area contributed by atoms with Gasteiger partial charge in [0, 0.05) is 30.8 Å². The molecule has 10 nitrogen and oxygen atoms in total. The van der Waals surface area contributed by atoms with Gasteiger partial charge in [-0.15, -0.1) is 0 Å². The van der Waals surface area contributed by atoms with Gasteiger partial charge in [-0.3, -0.25) is 9.36 Å². The van der Waals surface area contributed by atoms with Crippen molar-refractivity contribution in [2.45, 2.75) is 31.8 Å². The Morgan fingerprint density at radius 1 is 1.21 bits per heavy atom. The van der Waals surface area contributed by atoms with E-state index in [9.17, 15) is 18.8 Å². The summed E-state index contributed by atoms with van der Waals surface area (Å²) in [6.45, 7) is 0.634. The molecule has 0 spiro atoms. The van der Waals surface area contributed by atoms with Crippen LogP contribution >= 0.6 is 11.6 Å². The Hall–Kier alpha value is -3.83. The highest BCUT2D eigenvalue weighted by atomic mass is 35.5. The number of hydrogen-bond acceptors (Lipinski definition) is 5. The van der Waals surface area contributed by atoms with E-state index in [0.29, 0.717) is 47.9 Å². The molecule has 3 aromatic rings. The number of amides is 4. The number of nitrogens with one attached hydrogen (secondary N) is 3. The predicted molar refractivity (Wildman–Crippen MR) is 141 cm³/mol. The van der Waals surface area contributed by atoms with Gasteiger partial charge in [0.2, 0.25) is 5.91 Å². The summed E-state index contributed by atoms with van der Waals surface area (Å²) in [5.74, 6) is -0.216. The lowest BCUT2D eigenvalue weighted by molar-refractivity contribution is -0.123. The van der Waals surface area contributed by atoms with Crippen LogP contribution in [0, 0.1) is 11.7 Å². The normalized spacial score (nSPS) is 13.7. The highest BCUT2D eigenvalue weighted by molar-refractivity contribution is 6.30. The zero-order valence-electron chi connectivity index (χ0n) is 20.8. The van der Waals surface area contributed by atoms with Crippen LogP contribution in [0.2, 0.25) is 5.02 Å². The molecular formula is C26H29ClFN5O5. The maximum Gasteiger partial charge on any atom is 0.323 e. The minimum absolute atomic E-state index is 0.0360. The third-order valence-corrected chi connectivity index (χ3v) is 6.48. The largest absolute Gasteiger partial charge is 0.491 e. The fourth-order valence-corrected chi connectivity index (χ4v) is 4.24. The molecule has 0 aliphatic heterocycles. The number of nitrogens with zero attached hydrogens (tertiary/aromatic N) is 1. The predicted octanol–water partition coefficient (Wildman–Crippen LogP) is 3.99. The van der Waals surface area contributed by atoms with Crippen LogP contribution in [0.3, 0.4) is 0 Å². The SMILES string of the molecule is COCCOc1ccc2c(c1)c(NC(=O)N[C@@H](CC1CC1)C(=O)NCc1cccc(Cl)c1F)cn2C(N)=O. The Bertz CT molecular complexity index is 1340. The van der Waals surface area contributed by atoms with Crippen molar-refractivity contribution in [1.29, 1.82) is 0 Å². The maximum atomic E-state index is 14.2. The zero-order valence-corrected chi connectivity index (χ0v) is 21.5. The summed E-state index contributed by atoms with van der Waals surface area (Å²) in [6.07, 6.45) is 3.78. The molecular weight excluding hydrogens is 517 g/mol. The van der Waals surface area contributed by atoms with E-state index in [0.717, 1.165) is 12.8 Å². The second-order valence-corrected chi connectivity index (χ2v) is 9.44. The molecule has 1 heterocycles. The summed E-state index contributed by atoms with van der Waals surface area (Å²) in [6, 6.07) is 7.34. The zero-order chi connectivity index (χ0) is 27.2. The number of carbonyl (C=O) groups is 3. The van der Waals surface area contributed by atoms with E-state index < -0.39 is 29.8 Å². The molecule has 4 rings (SSSR count). The van der Waals surface area contributed by atoms with E-state index in [-0.39, 0.29) is 17.1 Å². The van der Waals surface area contributed by atoms with Crippen LogP contribution in [0.4, 0.5) is 19.7 Å². The number of ether oxygens (including phenoxy) is 2. The first-order valence-electron chi connectivity index (χ1n) is 12.1. The number of rotatable bonds is 11. The molecule has 0 bridgehead atoms. The van der Waals surface area contributed by atoms with Gasteiger partial charge in [-0.05, 0) is 36.6 Å². The quantitative estimate of drug-likeness (QED) is 0.270. The minimum Gasteiger partial charge on any atom is -0.491 e. The first-order valence-corrected chi connectivity index (χ1v) is 12.5. The summed E-state index contributed by atoms with van der Waals surface area (Å²) in [5, 5.41) is 8.57. The first kappa shape index (κ1) is 27.2. The summed E-state index contributed by atoms with van der Waals surface area (Å²) in [5.41, 5.74) is 6.52. The monoisotopic (exact) mass is 545 g/mol. The van der Waals surface area contributed by atoms with Gasteiger partial charge in [0.05, 0.1) is 22.8 Å². The molecule has 38 heavy (non-hydrogen) atoms. The van der Waals surface area contributed by atoms with Crippen LogP contribution in [0.5, 0.6) is 5.75 Å². The average Bonchev–Trinajstić information content (AvgIpc) is 3.64. The van der Waals surface area contributed by atoms with Gasteiger partial charge >= 0.3 is 12.1 Å². The minimum atomic E-state index is -0.845. The Kier molecular flexibility index (Phi) is 8.70. The van der Waals surface area contributed by atoms with Crippen molar-refractivity contribution in [2.75, 3.05) is 25.6 Å². The van der Waals surface area contributed by atoms with Crippen molar-refractivity contribution >= 4 is 46.2 Å². The number of benzene rings is 2. The van der Waals surface area contributed by atoms with Gasteiger partial charge in [-0.25, -0.2) is 14.0 Å². The smallest absolute Gasteiger partial charge is 0.323 e. The van der Waals surface area contributed by atoms with Crippen molar-refractivity contribution < 1.29 is 28.2 Å². The summed E-state index contributed by atoms with van der Waals surface area (Å²) < 4.78 is 26.1. The Morgan fingerprint density at radius 2 is 2.00 bits per heavy atom. The van der Waals surface area contributed by atoms with Gasteiger partial charge in [0.15, 0.2) is 0 Å². The molecule has 5 N–H and O–H groups in total. The molecule has 1 aromatic heterocycles. The van der Waals surface area contributed by atoms with Gasteiger partial charge in [-0.1, -0.05) is 36.6 Å². The molecule has 0 saturated heterocycles. The Balaban J connectivity index is 1.47. The van der Waals surface area contributed by atoms with E-state index in [1.807, 2.05) is 0 Å². The molecule has 1 aliphatic carbocycles. The van der Waals surface area contributed by atoms with E-state index in [1.165, 1.54) is 22.9 Å². The number of urea groups is 1.